The van der Waals surface area contributed by atoms with Crippen LogP contribution in [0.1, 0.15) is 32.6 Å². The summed E-state index contributed by atoms with van der Waals surface area (Å²) in [7, 11) is -0.449. The molecule has 0 unspecified atom stereocenters. The summed E-state index contributed by atoms with van der Waals surface area (Å²) in [5.74, 6) is -0.181. The zero-order chi connectivity index (χ0) is 18.9. The predicted octanol–water partition coefficient (Wildman–Crippen LogP) is 3.42. The van der Waals surface area contributed by atoms with Gasteiger partial charge in [-0.2, -0.15) is 0 Å². The molecule has 0 aliphatic carbocycles. The summed E-state index contributed by atoms with van der Waals surface area (Å²) >= 11 is 0. The normalized spacial score (nSPS) is 11.3. The third-order valence-corrected chi connectivity index (χ3v) is 5.99. The van der Waals surface area contributed by atoms with Crippen molar-refractivity contribution in [2.75, 3.05) is 18.8 Å². The summed E-state index contributed by atoms with van der Waals surface area (Å²) in [6.07, 6.45) is 0. The van der Waals surface area contributed by atoms with Gasteiger partial charge in [0.2, 0.25) is 0 Å². The third-order valence-electron chi connectivity index (χ3n) is 4.33. The Kier molecular flexibility index (Phi) is 5.23. The maximum absolute atomic E-state index is 13.0. The summed E-state index contributed by atoms with van der Waals surface area (Å²) in [5.41, 5.74) is 4.12. The fourth-order valence-corrected chi connectivity index (χ4v) is 4.43. The minimum absolute atomic E-state index is 0.181. The predicted molar refractivity (Wildman–Crippen MR) is 101 cm³/mol. The van der Waals surface area contributed by atoms with Crippen LogP contribution in [0.15, 0.2) is 35.2 Å². The molecule has 1 N–H and O–H groups in total. The Labute approximate surface area is 149 Å². The number of aryl methyl sites for hydroxylation is 2. The maximum atomic E-state index is 13.0. The molecule has 25 heavy (non-hydrogen) atoms. The van der Waals surface area contributed by atoms with E-state index in [2.05, 4.69) is 4.72 Å². The number of amides is 1. The van der Waals surface area contributed by atoms with Crippen LogP contribution in [0.5, 0.6) is 0 Å². The summed E-state index contributed by atoms with van der Waals surface area (Å²) in [6.45, 7) is 7.42. The quantitative estimate of drug-likeness (QED) is 0.908. The molecule has 0 spiro atoms. The molecule has 6 heteroatoms. The van der Waals surface area contributed by atoms with Crippen LogP contribution >= 0.6 is 0 Å². The number of hydrogen-bond donors (Lipinski definition) is 1. The SMILES string of the molecule is Cc1cc(C)c(C)c(S(=O)(=O)Nc2cccc(C(=O)N(C)C)c2)c1C. The molecule has 2 aromatic rings. The zero-order valence-electron chi connectivity index (χ0n) is 15.5. The molecule has 0 aromatic heterocycles. The molecule has 0 fully saturated rings. The largest absolute Gasteiger partial charge is 0.345 e. The van der Waals surface area contributed by atoms with Gasteiger partial charge in [-0.15, -0.1) is 0 Å². The lowest BCUT2D eigenvalue weighted by molar-refractivity contribution is 0.0827. The van der Waals surface area contributed by atoms with Gasteiger partial charge in [0, 0.05) is 25.3 Å². The first-order valence-corrected chi connectivity index (χ1v) is 9.45. The lowest BCUT2D eigenvalue weighted by atomic mass is 10.0. The lowest BCUT2D eigenvalue weighted by Crippen LogP contribution is -2.22. The fourth-order valence-electron chi connectivity index (χ4n) is 2.76. The summed E-state index contributed by atoms with van der Waals surface area (Å²) in [6, 6.07) is 8.49. The highest BCUT2D eigenvalue weighted by Gasteiger charge is 2.22. The lowest BCUT2D eigenvalue weighted by Gasteiger charge is -2.17. The van der Waals surface area contributed by atoms with E-state index in [9.17, 15) is 13.2 Å². The van der Waals surface area contributed by atoms with Gasteiger partial charge >= 0.3 is 0 Å². The minimum atomic E-state index is -3.76. The molecule has 0 saturated heterocycles. The average molecular weight is 360 g/mol. The zero-order valence-corrected chi connectivity index (χ0v) is 16.3. The van der Waals surface area contributed by atoms with E-state index < -0.39 is 10.0 Å². The van der Waals surface area contributed by atoms with Gasteiger partial charge in [-0.05, 0) is 68.1 Å². The second kappa shape index (κ2) is 6.88. The standard InChI is InChI=1S/C19H24N2O3S/c1-12-10-13(2)15(4)18(14(12)3)25(23,24)20-17-9-7-8-16(11-17)19(22)21(5)6/h7-11,20H,1-6H3. The average Bonchev–Trinajstić information content (AvgIpc) is 2.52. The monoisotopic (exact) mass is 360 g/mol. The number of carbonyl (C=O) groups excluding carboxylic acids is 1. The van der Waals surface area contributed by atoms with E-state index in [1.165, 1.54) is 4.90 Å². The van der Waals surface area contributed by atoms with E-state index in [-0.39, 0.29) is 5.91 Å². The first kappa shape index (κ1) is 19.0. The van der Waals surface area contributed by atoms with Crippen LogP contribution in [0, 0.1) is 27.7 Å². The van der Waals surface area contributed by atoms with Crippen LogP contribution in [0.2, 0.25) is 0 Å². The Balaban J connectivity index is 2.48. The van der Waals surface area contributed by atoms with Crippen molar-refractivity contribution in [1.29, 1.82) is 0 Å². The van der Waals surface area contributed by atoms with Gasteiger partial charge in [0.05, 0.1) is 4.90 Å². The molecule has 1 amide bonds. The van der Waals surface area contributed by atoms with Crippen molar-refractivity contribution in [2.45, 2.75) is 32.6 Å². The Morgan fingerprint density at radius 2 is 1.52 bits per heavy atom. The van der Waals surface area contributed by atoms with Gasteiger partial charge in [-0.25, -0.2) is 8.42 Å². The molecule has 0 aliphatic heterocycles. The molecule has 0 saturated carbocycles. The summed E-state index contributed by atoms with van der Waals surface area (Å²) in [5, 5.41) is 0. The Hall–Kier alpha value is -2.34. The van der Waals surface area contributed by atoms with Gasteiger partial charge in [0.15, 0.2) is 0 Å². The highest BCUT2D eigenvalue weighted by atomic mass is 32.2. The Morgan fingerprint density at radius 3 is 2.04 bits per heavy atom. The molecule has 2 rings (SSSR count). The Bertz CT molecular complexity index is 906. The Morgan fingerprint density at radius 1 is 0.960 bits per heavy atom. The number of rotatable bonds is 4. The van der Waals surface area contributed by atoms with E-state index in [0.717, 1.165) is 22.3 Å². The summed E-state index contributed by atoms with van der Waals surface area (Å²) < 4.78 is 28.5. The van der Waals surface area contributed by atoms with Gasteiger partial charge in [-0.1, -0.05) is 12.1 Å². The number of anilines is 1. The molecule has 134 valence electrons. The van der Waals surface area contributed by atoms with Crippen molar-refractivity contribution in [2.24, 2.45) is 0 Å². The van der Waals surface area contributed by atoms with Crippen LogP contribution in [0.3, 0.4) is 0 Å². The number of carbonyl (C=O) groups is 1. The first-order valence-electron chi connectivity index (χ1n) is 7.96. The second-order valence-electron chi connectivity index (χ2n) is 6.48. The topological polar surface area (TPSA) is 66.5 Å². The fraction of sp³-hybridized carbons (Fsp3) is 0.316. The molecule has 0 radical (unpaired) electrons. The van der Waals surface area contributed by atoms with Crippen molar-refractivity contribution < 1.29 is 13.2 Å². The van der Waals surface area contributed by atoms with Crippen LogP contribution < -0.4 is 4.72 Å². The molecule has 0 atom stereocenters. The van der Waals surface area contributed by atoms with E-state index in [0.29, 0.717) is 16.1 Å². The molecule has 2 aromatic carbocycles. The molecule has 0 bridgehead atoms. The molecule has 0 heterocycles. The van der Waals surface area contributed by atoms with Gasteiger partial charge in [0.25, 0.3) is 15.9 Å². The number of sulfonamides is 1. The van der Waals surface area contributed by atoms with Gasteiger partial charge < -0.3 is 4.90 Å². The van der Waals surface area contributed by atoms with Crippen LogP contribution in [-0.4, -0.2) is 33.3 Å². The van der Waals surface area contributed by atoms with E-state index >= 15 is 0 Å². The van der Waals surface area contributed by atoms with Gasteiger partial charge in [-0.3, -0.25) is 9.52 Å². The maximum Gasteiger partial charge on any atom is 0.262 e. The summed E-state index contributed by atoms with van der Waals surface area (Å²) in [4.78, 5) is 13.8. The molecular weight excluding hydrogens is 336 g/mol. The smallest absolute Gasteiger partial charge is 0.262 e. The van der Waals surface area contributed by atoms with Crippen LogP contribution in [-0.2, 0) is 10.0 Å². The number of benzene rings is 2. The molecule has 0 aliphatic rings. The van der Waals surface area contributed by atoms with Crippen molar-refractivity contribution in [1.82, 2.24) is 4.90 Å². The van der Waals surface area contributed by atoms with Crippen LogP contribution in [0.4, 0.5) is 5.69 Å². The van der Waals surface area contributed by atoms with E-state index in [4.69, 9.17) is 0 Å². The van der Waals surface area contributed by atoms with Crippen molar-refractivity contribution >= 4 is 21.6 Å². The molecule has 5 nitrogen and oxygen atoms in total. The highest BCUT2D eigenvalue weighted by Crippen LogP contribution is 2.28. The minimum Gasteiger partial charge on any atom is -0.345 e. The van der Waals surface area contributed by atoms with Crippen LogP contribution in [0.25, 0.3) is 0 Å². The van der Waals surface area contributed by atoms with E-state index in [1.807, 2.05) is 33.8 Å². The van der Waals surface area contributed by atoms with Crippen molar-refractivity contribution in [3.8, 4) is 0 Å². The van der Waals surface area contributed by atoms with Crippen molar-refractivity contribution in [3.05, 3.63) is 58.1 Å². The second-order valence-corrected chi connectivity index (χ2v) is 8.09. The number of hydrogen-bond acceptors (Lipinski definition) is 3. The van der Waals surface area contributed by atoms with Gasteiger partial charge in [0.1, 0.15) is 0 Å². The number of nitrogens with zero attached hydrogens (tertiary/aromatic N) is 1. The highest BCUT2D eigenvalue weighted by molar-refractivity contribution is 7.92. The van der Waals surface area contributed by atoms with Crippen molar-refractivity contribution in [3.63, 3.8) is 0 Å². The van der Waals surface area contributed by atoms with E-state index in [1.54, 1.807) is 38.4 Å². The molecular formula is C19H24N2O3S. The first-order chi connectivity index (χ1) is 11.5. The third kappa shape index (κ3) is 3.85. The number of nitrogens with one attached hydrogen (secondary N) is 1.